The molecular weight excluding hydrogens is 304 g/mol. The highest BCUT2D eigenvalue weighted by Gasteiger charge is 2.45. The van der Waals surface area contributed by atoms with Crippen LogP contribution in [-0.4, -0.2) is 25.5 Å². The van der Waals surface area contributed by atoms with Crippen molar-refractivity contribution in [3.05, 3.63) is 66.2 Å². The van der Waals surface area contributed by atoms with Crippen molar-refractivity contribution in [1.29, 1.82) is 0 Å². The maximum absolute atomic E-state index is 12.2. The predicted molar refractivity (Wildman–Crippen MR) is 87.4 cm³/mol. The molecule has 24 heavy (non-hydrogen) atoms. The monoisotopic (exact) mass is 322 g/mol. The third-order valence-corrected chi connectivity index (χ3v) is 4.33. The zero-order valence-electron chi connectivity index (χ0n) is 13.4. The van der Waals surface area contributed by atoms with Crippen LogP contribution in [0.3, 0.4) is 0 Å². The predicted octanol–water partition coefficient (Wildman–Crippen LogP) is 2.45. The summed E-state index contributed by atoms with van der Waals surface area (Å²) in [5.74, 6) is 0.103. The average molecular weight is 322 g/mol. The summed E-state index contributed by atoms with van der Waals surface area (Å²) < 4.78 is 9.00. The topological polar surface area (TPSA) is 61.9 Å². The summed E-state index contributed by atoms with van der Waals surface area (Å²) in [6, 6.07) is 9.72. The normalized spacial score (nSPS) is 19.2. The second kappa shape index (κ2) is 5.96. The Bertz CT molecular complexity index is 836. The standard InChI is InChI=1S/C18H18N4O2/c1-21-11-14(10-20-21)16-9-17(16)18(23)24-12-13-3-5-15(6-4-13)22-8-2-7-19-22/h2-8,10-11,16-17H,9,12H2,1H3. The van der Waals surface area contributed by atoms with E-state index in [1.54, 1.807) is 15.6 Å². The SMILES string of the molecule is Cn1cc(C2CC2C(=O)OCc2ccc(-n3cccn3)cc2)cn1. The minimum Gasteiger partial charge on any atom is -0.461 e. The van der Waals surface area contributed by atoms with Crippen molar-refractivity contribution in [1.82, 2.24) is 19.6 Å². The number of benzene rings is 1. The van der Waals surface area contributed by atoms with Gasteiger partial charge in [-0.15, -0.1) is 0 Å². The number of aromatic nitrogens is 4. The van der Waals surface area contributed by atoms with Gasteiger partial charge in [-0.3, -0.25) is 9.48 Å². The Morgan fingerprint density at radius 2 is 2.12 bits per heavy atom. The van der Waals surface area contributed by atoms with E-state index in [1.165, 1.54) is 0 Å². The first-order valence-corrected chi connectivity index (χ1v) is 7.95. The molecular formula is C18H18N4O2. The van der Waals surface area contributed by atoms with Crippen LogP contribution in [0.25, 0.3) is 5.69 Å². The van der Waals surface area contributed by atoms with Crippen LogP contribution in [0.2, 0.25) is 0 Å². The first-order chi connectivity index (χ1) is 11.7. The third kappa shape index (κ3) is 2.95. The van der Waals surface area contributed by atoms with Gasteiger partial charge < -0.3 is 4.74 Å². The number of aryl methyl sites for hydroxylation is 1. The van der Waals surface area contributed by atoms with Crippen LogP contribution in [0.5, 0.6) is 0 Å². The number of rotatable bonds is 5. The van der Waals surface area contributed by atoms with Crippen molar-refractivity contribution in [2.45, 2.75) is 18.9 Å². The van der Waals surface area contributed by atoms with Gasteiger partial charge in [0, 0.05) is 31.6 Å². The van der Waals surface area contributed by atoms with E-state index in [9.17, 15) is 4.79 Å². The van der Waals surface area contributed by atoms with Crippen LogP contribution < -0.4 is 0 Å². The molecule has 1 saturated carbocycles. The summed E-state index contributed by atoms with van der Waals surface area (Å²) in [6.07, 6.45) is 8.27. The molecule has 1 fully saturated rings. The summed E-state index contributed by atoms with van der Waals surface area (Å²) in [7, 11) is 1.88. The summed E-state index contributed by atoms with van der Waals surface area (Å²) in [4.78, 5) is 12.2. The quantitative estimate of drug-likeness (QED) is 0.677. The fourth-order valence-corrected chi connectivity index (χ4v) is 2.88. The number of esters is 1. The van der Waals surface area contributed by atoms with Crippen LogP contribution >= 0.6 is 0 Å². The van der Waals surface area contributed by atoms with Gasteiger partial charge in [-0.05, 0) is 35.7 Å². The maximum Gasteiger partial charge on any atom is 0.309 e. The molecule has 1 aliphatic rings. The molecule has 0 radical (unpaired) electrons. The van der Waals surface area contributed by atoms with Gasteiger partial charge in [0.25, 0.3) is 0 Å². The Labute approximate surface area is 139 Å². The average Bonchev–Trinajstić information content (AvgIpc) is 3.00. The molecule has 0 N–H and O–H groups in total. The number of ether oxygens (including phenoxy) is 1. The second-order valence-corrected chi connectivity index (χ2v) is 6.12. The molecule has 4 rings (SSSR count). The lowest BCUT2D eigenvalue weighted by molar-refractivity contribution is -0.146. The van der Waals surface area contributed by atoms with Crippen molar-refractivity contribution in [3.63, 3.8) is 0 Å². The molecule has 3 aromatic rings. The Morgan fingerprint density at radius 1 is 1.29 bits per heavy atom. The van der Waals surface area contributed by atoms with E-state index >= 15 is 0 Å². The molecule has 0 bridgehead atoms. The molecule has 6 heteroatoms. The van der Waals surface area contributed by atoms with Gasteiger partial charge in [0.05, 0.1) is 17.8 Å². The molecule has 2 atom stereocenters. The summed E-state index contributed by atoms with van der Waals surface area (Å²) in [5.41, 5.74) is 3.06. The zero-order valence-corrected chi connectivity index (χ0v) is 13.4. The van der Waals surface area contributed by atoms with E-state index in [-0.39, 0.29) is 17.8 Å². The molecule has 2 unspecified atom stereocenters. The van der Waals surface area contributed by atoms with Gasteiger partial charge in [-0.25, -0.2) is 4.68 Å². The molecule has 122 valence electrons. The Balaban J connectivity index is 1.31. The molecule has 0 spiro atoms. The largest absolute Gasteiger partial charge is 0.461 e. The van der Waals surface area contributed by atoms with E-state index in [0.29, 0.717) is 6.61 Å². The van der Waals surface area contributed by atoms with Crippen molar-refractivity contribution in [2.75, 3.05) is 0 Å². The number of hydrogen-bond acceptors (Lipinski definition) is 4. The summed E-state index contributed by atoms with van der Waals surface area (Å²) >= 11 is 0. The van der Waals surface area contributed by atoms with Crippen molar-refractivity contribution in [3.8, 4) is 5.69 Å². The van der Waals surface area contributed by atoms with Crippen LogP contribution in [0.4, 0.5) is 0 Å². The molecule has 2 aromatic heterocycles. The molecule has 1 aliphatic carbocycles. The molecule has 2 heterocycles. The first kappa shape index (κ1) is 14.7. The maximum atomic E-state index is 12.2. The number of carbonyl (C=O) groups is 1. The smallest absolute Gasteiger partial charge is 0.309 e. The molecule has 0 saturated heterocycles. The highest BCUT2D eigenvalue weighted by molar-refractivity contribution is 5.77. The van der Waals surface area contributed by atoms with E-state index < -0.39 is 0 Å². The lowest BCUT2D eigenvalue weighted by Crippen LogP contribution is -2.08. The fourth-order valence-electron chi connectivity index (χ4n) is 2.88. The second-order valence-electron chi connectivity index (χ2n) is 6.12. The van der Waals surface area contributed by atoms with Crippen molar-refractivity contribution >= 4 is 5.97 Å². The highest BCUT2D eigenvalue weighted by Crippen LogP contribution is 2.48. The lowest BCUT2D eigenvalue weighted by atomic mass is 10.2. The van der Waals surface area contributed by atoms with Gasteiger partial charge in [0.15, 0.2) is 0 Å². The molecule has 0 amide bonds. The third-order valence-electron chi connectivity index (χ3n) is 4.33. The van der Waals surface area contributed by atoms with Gasteiger partial charge >= 0.3 is 5.97 Å². The minimum atomic E-state index is -0.125. The Morgan fingerprint density at radius 3 is 2.79 bits per heavy atom. The van der Waals surface area contributed by atoms with E-state index in [4.69, 9.17) is 4.74 Å². The van der Waals surface area contributed by atoms with Crippen LogP contribution in [0.1, 0.15) is 23.5 Å². The number of nitrogens with zero attached hydrogens (tertiary/aromatic N) is 4. The van der Waals surface area contributed by atoms with Crippen molar-refractivity contribution in [2.24, 2.45) is 13.0 Å². The Hall–Kier alpha value is -2.89. The first-order valence-electron chi connectivity index (χ1n) is 7.95. The van der Waals surface area contributed by atoms with Crippen LogP contribution in [0, 0.1) is 5.92 Å². The van der Waals surface area contributed by atoms with Gasteiger partial charge in [-0.1, -0.05) is 12.1 Å². The van der Waals surface area contributed by atoms with Crippen LogP contribution in [0.15, 0.2) is 55.1 Å². The molecule has 1 aromatic carbocycles. The van der Waals surface area contributed by atoms with Crippen molar-refractivity contribution < 1.29 is 9.53 Å². The van der Waals surface area contributed by atoms with E-state index in [1.807, 2.05) is 56.0 Å². The van der Waals surface area contributed by atoms with Gasteiger partial charge in [0.2, 0.25) is 0 Å². The lowest BCUT2D eigenvalue weighted by Gasteiger charge is -2.06. The zero-order chi connectivity index (χ0) is 16.5. The van der Waals surface area contributed by atoms with Crippen LogP contribution in [-0.2, 0) is 23.2 Å². The number of hydrogen-bond donors (Lipinski definition) is 0. The van der Waals surface area contributed by atoms with Gasteiger partial charge in [-0.2, -0.15) is 10.2 Å². The fraction of sp³-hybridized carbons (Fsp3) is 0.278. The summed E-state index contributed by atoms with van der Waals surface area (Å²) in [6.45, 7) is 0.300. The van der Waals surface area contributed by atoms with E-state index in [0.717, 1.165) is 23.2 Å². The molecule has 0 aliphatic heterocycles. The minimum absolute atomic E-state index is 0.0300. The highest BCUT2D eigenvalue weighted by atomic mass is 16.5. The molecule has 6 nitrogen and oxygen atoms in total. The Kier molecular flexibility index (Phi) is 3.65. The summed E-state index contributed by atoms with van der Waals surface area (Å²) in [5, 5.41) is 8.34. The van der Waals surface area contributed by atoms with Gasteiger partial charge in [0.1, 0.15) is 6.61 Å². The number of carbonyl (C=O) groups excluding carboxylic acids is 1. The van der Waals surface area contributed by atoms with E-state index in [2.05, 4.69) is 10.2 Å².